The van der Waals surface area contributed by atoms with Crippen LogP contribution >= 0.6 is 11.3 Å². The number of aromatic nitrogens is 2. The Balaban J connectivity index is 2.59. The van der Waals surface area contributed by atoms with Gasteiger partial charge in [0.2, 0.25) is 11.0 Å². The number of anilines is 1. The first-order valence-corrected chi connectivity index (χ1v) is 7.01. The van der Waals surface area contributed by atoms with Crippen molar-refractivity contribution in [3.63, 3.8) is 0 Å². The molecule has 5 heteroatoms. The van der Waals surface area contributed by atoms with Gasteiger partial charge < -0.3 is 5.32 Å². The molecule has 0 unspecified atom stereocenters. The zero-order valence-electron chi connectivity index (χ0n) is 11.0. The van der Waals surface area contributed by atoms with E-state index in [4.69, 9.17) is 0 Å². The Bertz CT molecular complexity index is 358. The van der Waals surface area contributed by atoms with Gasteiger partial charge in [0.05, 0.1) is 0 Å². The molecule has 0 spiro atoms. The molecule has 0 saturated heterocycles. The van der Waals surface area contributed by atoms with Gasteiger partial charge >= 0.3 is 0 Å². The second-order valence-electron chi connectivity index (χ2n) is 4.61. The van der Waals surface area contributed by atoms with E-state index in [1.54, 1.807) is 0 Å². The lowest BCUT2D eigenvalue weighted by Crippen LogP contribution is -2.13. The summed E-state index contributed by atoms with van der Waals surface area (Å²) < 4.78 is 0. The normalized spacial score (nSPS) is 11.2. The van der Waals surface area contributed by atoms with Crippen LogP contribution < -0.4 is 5.32 Å². The molecule has 1 aromatic heterocycles. The van der Waals surface area contributed by atoms with E-state index in [-0.39, 0.29) is 5.91 Å². The lowest BCUT2D eigenvalue weighted by Gasteiger charge is -2.06. The van der Waals surface area contributed by atoms with Crippen molar-refractivity contribution in [3.05, 3.63) is 5.01 Å². The Morgan fingerprint density at radius 3 is 2.47 bits per heavy atom. The number of carbonyl (C=O) groups is 1. The highest BCUT2D eigenvalue weighted by Crippen LogP contribution is 2.28. The molecule has 0 atom stereocenters. The number of hydrogen-bond acceptors (Lipinski definition) is 4. The highest BCUT2D eigenvalue weighted by atomic mass is 32.1. The number of amides is 1. The summed E-state index contributed by atoms with van der Waals surface area (Å²) in [6, 6.07) is 0. The van der Waals surface area contributed by atoms with E-state index in [0.717, 1.165) is 17.8 Å². The van der Waals surface area contributed by atoms with E-state index < -0.39 is 0 Å². The predicted molar refractivity (Wildman–Crippen MR) is 71.3 cm³/mol. The fourth-order valence-corrected chi connectivity index (χ4v) is 2.66. The fraction of sp³-hybridized carbons (Fsp3) is 0.750. The van der Waals surface area contributed by atoms with E-state index >= 15 is 0 Å². The van der Waals surface area contributed by atoms with Crippen molar-refractivity contribution in [3.8, 4) is 0 Å². The Hall–Kier alpha value is -0.970. The average molecular weight is 255 g/mol. The number of carbonyl (C=O) groups excluding carboxylic acids is 1. The van der Waals surface area contributed by atoms with Crippen LogP contribution in [-0.4, -0.2) is 16.1 Å². The van der Waals surface area contributed by atoms with Gasteiger partial charge in [-0.05, 0) is 18.8 Å². The van der Waals surface area contributed by atoms with Crippen LogP contribution in [0.4, 0.5) is 5.13 Å². The van der Waals surface area contributed by atoms with Gasteiger partial charge in [-0.1, -0.05) is 39.0 Å². The zero-order valence-corrected chi connectivity index (χ0v) is 11.8. The van der Waals surface area contributed by atoms with Crippen LogP contribution in [0.5, 0.6) is 0 Å². The maximum Gasteiger partial charge on any atom is 0.226 e. The average Bonchev–Trinajstić information content (AvgIpc) is 2.67. The molecule has 0 aliphatic carbocycles. The maximum atomic E-state index is 11.6. The van der Waals surface area contributed by atoms with Crippen molar-refractivity contribution in [2.45, 2.75) is 52.9 Å². The molecule has 17 heavy (non-hydrogen) atoms. The van der Waals surface area contributed by atoms with E-state index in [1.165, 1.54) is 11.3 Å². The monoisotopic (exact) mass is 255 g/mol. The van der Waals surface area contributed by atoms with Gasteiger partial charge in [-0.2, -0.15) is 0 Å². The first-order chi connectivity index (χ1) is 8.06. The van der Waals surface area contributed by atoms with E-state index in [0.29, 0.717) is 23.4 Å². The van der Waals surface area contributed by atoms with Crippen molar-refractivity contribution in [2.24, 2.45) is 5.92 Å². The molecule has 0 aliphatic rings. The predicted octanol–water partition coefficient (Wildman–Crippen LogP) is 3.43. The van der Waals surface area contributed by atoms with Gasteiger partial charge in [0, 0.05) is 12.3 Å². The molecule has 0 fully saturated rings. The lowest BCUT2D eigenvalue weighted by atomic mass is 10.1. The highest BCUT2D eigenvalue weighted by molar-refractivity contribution is 7.15. The Morgan fingerprint density at radius 2 is 1.94 bits per heavy atom. The van der Waals surface area contributed by atoms with Crippen molar-refractivity contribution >= 4 is 22.4 Å². The van der Waals surface area contributed by atoms with Crippen LogP contribution in [0, 0.1) is 5.92 Å². The SMILES string of the molecule is CCC(CC)c1nnc(NC(=O)CC(C)C)s1. The number of hydrogen-bond donors (Lipinski definition) is 1. The van der Waals surface area contributed by atoms with Gasteiger partial charge in [-0.25, -0.2) is 0 Å². The summed E-state index contributed by atoms with van der Waals surface area (Å²) >= 11 is 1.49. The van der Waals surface area contributed by atoms with Crippen LogP contribution in [0.3, 0.4) is 0 Å². The molecule has 0 radical (unpaired) electrons. The Labute approximate surface area is 107 Å². The second kappa shape index (κ2) is 6.69. The fourth-order valence-electron chi connectivity index (χ4n) is 1.63. The van der Waals surface area contributed by atoms with Gasteiger partial charge in [0.1, 0.15) is 5.01 Å². The first-order valence-electron chi connectivity index (χ1n) is 6.20. The van der Waals surface area contributed by atoms with Crippen molar-refractivity contribution < 1.29 is 4.79 Å². The number of nitrogens with one attached hydrogen (secondary N) is 1. The molecule has 0 aliphatic heterocycles. The topological polar surface area (TPSA) is 54.9 Å². The van der Waals surface area contributed by atoms with Crippen molar-refractivity contribution in [2.75, 3.05) is 5.32 Å². The first kappa shape index (κ1) is 14.1. The molecular weight excluding hydrogens is 234 g/mol. The Kier molecular flexibility index (Phi) is 5.55. The molecule has 0 saturated carbocycles. The van der Waals surface area contributed by atoms with E-state index in [1.807, 2.05) is 13.8 Å². The van der Waals surface area contributed by atoms with E-state index in [9.17, 15) is 4.79 Å². The molecule has 4 nitrogen and oxygen atoms in total. The van der Waals surface area contributed by atoms with Gasteiger partial charge in [0.25, 0.3) is 0 Å². The third-order valence-corrected chi connectivity index (χ3v) is 3.62. The summed E-state index contributed by atoms with van der Waals surface area (Å²) in [5.74, 6) is 0.844. The third kappa shape index (κ3) is 4.42. The minimum atomic E-state index is 0.0206. The molecule has 1 amide bonds. The summed E-state index contributed by atoms with van der Waals surface area (Å²) in [5, 5.41) is 12.6. The highest BCUT2D eigenvalue weighted by Gasteiger charge is 2.14. The second-order valence-corrected chi connectivity index (χ2v) is 5.61. The minimum absolute atomic E-state index is 0.0206. The molecule has 1 heterocycles. The van der Waals surface area contributed by atoms with Crippen LogP contribution in [-0.2, 0) is 4.79 Å². The van der Waals surface area contributed by atoms with Crippen LogP contribution in [0.2, 0.25) is 0 Å². The van der Waals surface area contributed by atoms with Crippen molar-refractivity contribution in [1.82, 2.24) is 10.2 Å². The van der Waals surface area contributed by atoms with Crippen molar-refractivity contribution in [1.29, 1.82) is 0 Å². The molecule has 1 aromatic rings. The van der Waals surface area contributed by atoms with Crippen LogP contribution in [0.15, 0.2) is 0 Å². The molecular formula is C12H21N3OS. The van der Waals surface area contributed by atoms with Gasteiger partial charge in [0.15, 0.2) is 0 Å². The molecule has 0 aromatic carbocycles. The Morgan fingerprint density at radius 1 is 1.29 bits per heavy atom. The van der Waals surface area contributed by atoms with Crippen LogP contribution in [0.25, 0.3) is 0 Å². The minimum Gasteiger partial charge on any atom is -0.301 e. The molecule has 96 valence electrons. The standard InChI is InChI=1S/C12H21N3OS/c1-5-9(6-2)11-14-15-12(17-11)13-10(16)7-8(3)4/h8-9H,5-7H2,1-4H3,(H,13,15,16). The van der Waals surface area contributed by atoms with Gasteiger partial charge in [-0.15, -0.1) is 10.2 Å². The maximum absolute atomic E-state index is 11.6. The van der Waals surface area contributed by atoms with E-state index in [2.05, 4.69) is 29.4 Å². The van der Waals surface area contributed by atoms with Crippen LogP contribution in [0.1, 0.15) is 57.9 Å². The molecule has 0 bridgehead atoms. The smallest absolute Gasteiger partial charge is 0.226 e. The quantitative estimate of drug-likeness (QED) is 0.847. The summed E-state index contributed by atoms with van der Waals surface area (Å²) in [5.41, 5.74) is 0. The number of rotatable bonds is 6. The summed E-state index contributed by atoms with van der Waals surface area (Å²) in [7, 11) is 0. The summed E-state index contributed by atoms with van der Waals surface area (Å²) in [6.07, 6.45) is 2.65. The van der Waals surface area contributed by atoms with Gasteiger partial charge in [-0.3, -0.25) is 4.79 Å². The largest absolute Gasteiger partial charge is 0.301 e. The summed E-state index contributed by atoms with van der Waals surface area (Å²) in [4.78, 5) is 11.6. The molecule has 1 N–H and O–H groups in total. The summed E-state index contributed by atoms with van der Waals surface area (Å²) in [6.45, 7) is 8.34. The zero-order chi connectivity index (χ0) is 12.8. The number of nitrogens with zero attached hydrogens (tertiary/aromatic N) is 2. The lowest BCUT2D eigenvalue weighted by molar-refractivity contribution is -0.116. The third-order valence-electron chi connectivity index (χ3n) is 2.62. The molecule has 1 rings (SSSR count).